The van der Waals surface area contributed by atoms with Gasteiger partial charge in [-0.1, -0.05) is 61.0 Å². The molecule has 0 aliphatic heterocycles. The zero-order valence-corrected chi connectivity index (χ0v) is 18.2. The van der Waals surface area contributed by atoms with E-state index in [0.29, 0.717) is 23.7 Å². The third-order valence-electron chi connectivity index (χ3n) is 4.27. The van der Waals surface area contributed by atoms with Crippen molar-refractivity contribution in [3.63, 3.8) is 0 Å². The normalized spacial score (nSPS) is 12.2. The molecule has 2 aromatic carbocycles. The summed E-state index contributed by atoms with van der Waals surface area (Å²) in [5.74, 6) is -0.0129. The molecule has 0 fully saturated rings. The van der Waals surface area contributed by atoms with E-state index in [0.717, 1.165) is 5.56 Å². The van der Waals surface area contributed by atoms with Gasteiger partial charge in [-0.15, -0.1) is 0 Å². The lowest BCUT2D eigenvalue weighted by molar-refractivity contribution is -0.143. The summed E-state index contributed by atoms with van der Waals surface area (Å²) in [5.41, 5.74) is 0.556. The molecule has 1 N–H and O–H groups in total. The highest BCUT2D eigenvalue weighted by Gasteiger charge is 2.30. The Morgan fingerprint density at radius 3 is 2.28 bits per heavy atom. The van der Waals surface area contributed by atoms with Crippen LogP contribution in [0.1, 0.15) is 39.7 Å². The van der Waals surface area contributed by atoms with Crippen LogP contribution >= 0.6 is 11.6 Å². The average molecular weight is 417 g/mol. The summed E-state index contributed by atoms with van der Waals surface area (Å²) < 4.78 is 5.64. The molecule has 2 amide bonds. The number of halogens is 1. The Morgan fingerprint density at radius 2 is 1.69 bits per heavy atom. The Hall–Kier alpha value is -2.53. The Morgan fingerprint density at radius 1 is 1.07 bits per heavy atom. The van der Waals surface area contributed by atoms with Crippen molar-refractivity contribution in [1.82, 2.24) is 10.2 Å². The fourth-order valence-corrected chi connectivity index (χ4v) is 3.13. The highest BCUT2D eigenvalue weighted by molar-refractivity contribution is 6.32. The maximum absolute atomic E-state index is 13.1. The molecule has 0 radical (unpaired) electrons. The maximum atomic E-state index is 13.1. The first-order chi connectivity index (χ1) is 13.7. The molecule has 0 aliphatic carbocycles. The second-order valence-corrected chi connectivity index (χ2v) is 8.30. The van der Waals surface area contributed by atoms with Crippen LogP contribution in [0, 0.1) is 0 Å². The van der Waals surface area contributed by atoms with Gasteiger partial charge in [0.2, 0.25) is 5.91 Å². The van der Waals surface area contributed by atoms with Crippen LogP contribution in [0.3, 0.4) is 0 Å². The number of rotatable bonds is 8. The van der Waals surface area contributed by atoms with Gasteiger partial charge in [0.05, 0.1) is 5.02 Å². The van der Waals surface area contributed by atoms with Gasteiger partial charge in [0.15, 0.2) is 6.61 Å². The quantitative estimate of drug-likeness (QED) is 0.692. The van der Waals surface area contributed by atoms with E-state index in [4.69, 9.17) is 16.3 Å². The van der Waals surface area contributed by atoms with Crippen LogP contribution in [0.25, 0.3) is 0 Å². The minimum absolute atomic E-state index is 0.179. The van der Waals surface area contributed by atoms with Crippen LogP contribution in [0.2, 0.25) is 5.02 Å². The number of ether oxygens (including phenoxy) is 1. The summed E-state index contributed by atoms with van der Waals surface area (Å²) >= 11 is 6.12. The number of nitrogens with zero attached hydrogens (tertiary/aromatic N) is 1. The van der Waals surface area contributed by atoms with Gasteiger partial charge in [0.25, 0.3) is 5.91 Å². The molecule has 0 heterocycles. The first-order valence-electron chi connectivity index (χ1n) is 9.74. The summed E-state index contributed by atoms with van der Waals surface area (Å²) in [6.07, 6.45) is 0.493. The number of carbonyl (C=O) groups is 2. The van der Waals surface area contributed by atoms with Crippen LogP contribution in [0.15, 0.2) is 54.6 Å². The Bertz CT molecular complexity index is 818. The fraction of sp³-hybridized carbons (Fsp3) is 0.391. The number of amides is 2. The lowest BCUT2D eigenvalue weighted by atomic mass is 10.1. The summed E-state index contributed by atoms with van der Waals surface area (Å²) in [5, 5.41) is 3.42. The first-order valence-corrected chi connectivity index (χ1v) is 10.1. The number of nitrogens with one attached hydrogen (secondary N) is 1. The molecule has 2 aromatic rings. The van der Waals surface area contributed by atoms with E-state index >= 15 is 0 Å². The van der Waals surface area contributed by atoms with Crippen LogP contribution in [0.4, 0.5) is 0 Å². The standard InChI is InChI=1S/C23H29ClN2O3/c1-5-19(22(28)25-23(2,3)4)26(15-17-11-7-6-8-12-17)21(27)16-29-20-14-10-9-13-18(20)24/h6-14,19H,5,15-16H2,1-4H3,(H,25,28)/t19-/m0/s1. The molecule has 29 heavy (non-hydrogen) atoms. The van der Waals surface area contributed by atoms with Gasteiger partial charge < -0.3 is 15.0 Å². The SMILES string of the molecule is CC[C@@H](C(=O)NC(C)(C)C)N(Cc1ccccc1)C(=O)COc1ccccc1Cl. The average Bonchev–Trinajstić information content (AvgIpc) is 2.66. The molecule has 6 heteroatoms. The molecule has 0 saturated heterocycles. The van der Waals surface area contributed by atoms with Crippen molar-refractivity contribution in [3.8, 4) is 5.75 Å². The molecule has 0 saturated carbocycles. The van der Waals surface area contributed by atoms with E-state index < -0.39 is 6.04 Å². The lowest BCUT2D eigenvalue weighted by Gasteiger charge is -2.33. The Balaban J connectivity index is 2.21. The summed E-state index contributed by atoms with van der Waals surface area (Å²) in [6.45, 7) is 7.77. The van der Waals surface area contributed by atoms with Crippen molar-refractivity contribution in [3.05, 3.63) is 65.2 Å². The topological polar surface area (TPSA) is 58.6 Å². The van der Waals surface area contributed by atoms with E-state index in [-0.39, 0.29) is 24.0 Å². The van der Waals surface area contributed by atoms with Gasteiger partial charge >= 0.3 is 0 Å². The van der Waals surface area contributed by atoms with Crippen molar-refractivity contribution in [2.75, 3.05) is 6.61 Å². The van der Waals surface area contributed by atoms with Crippen molar-refractivity contribution in [2.24, 2.45) is 0 Å². The molecule has 0 unspecified atom stereocenters. The number of hydrogen-bond donors (Lipinski definition) is 1. The third kappa shape index (κ3) is 7.09. The van der Waals surface area contributed by atoms with Gasteiger partial charge in [-0.3, -0.25) is 9.59 Å². The molecule has 5 nitrogen and oxygen atoms in total. The lowest BCUT2D eigenvalue weighted by Crippen LogP contribution is -2.54. The number of carbonyl (C=O) groups excluding carboxylic acids is 2. The van der Waals surface area contributed by atoms with Gasteiger partial charge in [0, 0.05) is 12.1 Å². The minimum atomic E-state index is -0.600. The van der Waals surface area contributed by atoms with Gasteiger partial charge in [-0.25, -0.2) is 0 Å². The number of para-hydroxylation sites is 1. The molecule has 2 rings (SSSR count). The van der Waals surface area contributed by atoms with Crippen molar-refractivity contribution >= 4 is 23.4 Å². The monoisotopic (exact) mass is 416 g/mol. The summed E-state index contributed by atoms with van der Waals surface area (Å²) in [4.78, 5) is 27.5. The van der Waals surface area contributed by atoms with E-state index in [1.54, 1.807) is 29.2 Å². The molecule has 0 aromatic heterocycles. The highest BCUT2D eigenvalue weighted by Crippen LogP contribution is 2.23. The molecule has 0 spiro atoms. The van der Waals surface area contributed by atoms with Crippen LogP contribution in [-0.4, -0.2) is 34.9 Å². The maximum Gasteiger partial charge on any atom is 0.261 e. The van der Waals surface area contributed by atoms with Gasteiger partial charge in [-0.05, 0) is 44.9 Å². The van der Waals surface area contributed by atoms with Crippen LogP contribution in [0.5, 0.6) is 5.75 Å². The Kier molecular flexibility index (Phi) is 8.09. The predicted octanol–water partition coefficient (Wildman–Crippen LogP) is 4.44. The molecule has 0 bridgehead atoms. The zero-order valence-electron chi connectivity index (χ0n) is 17.4. The van der Waals surface area contributed by atoms with E-state index in [1.807, 2.05) is 58.0 Å². The predicted molar refractivity (Wildman–Crippen MR) is 116 cm³/mol. The molecular formula is C23H29ClN2O3. The van der Waals surface area contributed by atoms with E-state index in [1.165, 1.54) is 0 Å². The smallest absolute Gasteiger partial charge is 0.261 e. The van der Waals surface area contributed by atoms with Gasteiger partial charge in [-0.2, -0.15) is 0 Å². The second kappa shape index (κ2) is 10.3. The largest absolute Gasteiger partial charge is 0.482 e. The second-order valence-electron chi connectivity index (χ2n) is 7.89. The zero-order chi connectivity index (χ0) is 21.4. The van der Waals surface area contributed by atoms with Crippen molar-refractivity contribution in [2.45, 2.75) is 52.2 Å². The number of hydrogen-bond acceptors (Lipinski definition) is 3. The summed E-state index contributed by atoms with van der Waals surface area (Å²) in [6, 6.07) is 16.0. The molecule has 0 aliphatic rings. The molecular weight excluding hydrogens is 388 g/mol. The van der Waals surface area contributed by atoms with Gasteiger partial charge in [0.1, 0.15) is 11.8 Å². The number of benzene rings is 2. The van der Waals surface area contributed by atoms with Crippen molar-refractivity contribution in [1.29, 1.82) is 0 Å². The molecule has 156 valence electrons. The van der Waals surface area contributed by atoms with E-state index in [2.05, 4.69) is 5.32 Å². The summed E-state index contributed by atoms with van der Waals surface area (Å²) in [7, 11) is 0. The first kappa shape index (κ1) is 22.8. The highest BCUT2D eigenvalue weighted by atomic mass is 35.5. The molecule has 1 atom stereocenters. The van der Waals surface area contributed by atoms with Crippen LogP contribution in [-0.2, 0) is 16.1 Å². The third-order valence-corrected chi connectivity index (χ3v) is 4.58. The minimum Gasteiger partial charge on any atom is -0.482 e. The van der Waals surface area contributed by atoms with E-state index in [9.17, 15) is 9.59 Å². The fourth-order valence-electron chi connectivity index (χ4n) is 2.94. The Labute approximate surface area is 178 Å². The van der Waals surface area contributed by atoms with Crippen LogP contribution < -0.4 is 10.1 Å². The van der Waals surface area contributed by atoms with Crippen molar-refractivity contribution < 1.29 is 14.3 Å².